The number of morpholine rings is 1. The van der Waals surface area contributed by atoms with Crippen LogP contribution in [-0.4, -0.2) is 56.8 Å². The van der Waals surface area contributed by atoms with E-state index in [9.17, 15) is 9.59 Å². The molecule has 8 heteroatoms. The standard InChI is InChI=1S/C20H25ClN2O5/c1-4-28-19(25)17-16(13-7-5-6-8-14(13)21)15(18(24)26-3)12(2)23-20(17)11-27-10-9-22-20/h5-8,15-17,22H,4,9-11H2,1-3H3. The number of aliphatic imine (C=N–C) groups is 1. The minimum Gasteiger partial charge on any atom is -0.468 e. The van der Waals surface area contributed by atoms with Crippen LogP contribution in [0, 0.1) is 11.8 Å². The predicted octanol–water partition coefficient (Wildman–Crippen LogP) is 2.18. The molecule has 2 aliphatic heterocycles. The molecule has 1 aromatic rings. The Morgan fingerprint density at radius 2 is 2.11 bits per heavy atom. The van der Waals surface area contributed by atoms with Crippen molar-refractivity contribution in [3.8, 4) is 0 Å². The van der Waals surface area contributed by atoms with Crippen LogP contribution < -0.4 is 5.32 Å². The summed E-state index contributed by atoms with van der Waals surface area (Å²) in [5.41, 5.74) is 0.220. The largest absolute Gasteiger partial charge is 0.468 e. The van der Waals surface area contributed by atoms with Crippen LogP contribution >= 0.6 is 11.6 Å². The van der Waals surface area contributed by atoms with Crippen molar-refractivity contribution < 1.29 is 23.8 Å². The van der Waals surface area contributed by atoms with Crippen molar-refractivity contribution in [2.24, 2.45) is 16.8 Å². The number of esters is 2. The highest BCUT2D eigenvalue weighted by atomic mass is 35.5. The van der Waals surface area contributed by atoms with Crippen molar-refractivity contribution in [1.82, 2.24) is 5.32 Å². The van der Waals surface area contributed by atoms with Crippen LogP contribution in [0.4, 0.5) is 0 Å². The first-order valence-corrected chi connectivity index (χ1v) is 9.71. The molecule has 1 aromatic carbocycles. The molecule has 1 spiro atoms. The van der Waals surface area contributed by atoms with E-state index < -0.39 is 35.4 Å². The van der Waals surface area contributed by atoms with Gasteiger partial charge in [-0.15, -0.1) is 0 Å². The van der Waals surface area contributed by atoms with E-state index in [4.69, 9.17) is 30.8 Å². The van der Waals surface area contributed by atoms with E-state index in [-0.39, 0.29) is 13.2 Å². The minimum absolute atomic E-state index is 0.197. The number of halogens is 1. The Balaban J connectivity index is 2.23. The molecule has 4 unspecified atom stereocenters. The highest BCUT2D eigenvalue weighted by Crippen LogP contribution is 2.47. The number of hydrogen-bond acceptors (Lipinski definition) is 7. The first-order chi connectivity index (χ1) is 13.4. The summed E-state index contributed by atoms with van der Waals surface area (Å²) in [5.74, 6) is -3.08. The molecule has 3 rings (SSSR count). The van der Waals surface area contributed by atoms with Gasteiger partial charge >= 0.3 is 11.9 Å². The van der Waals surface area contributed by atoms with Gasteiger partial charge in [-0.05, 0) is 25.5 Å². The molecule has 152 valence electrons. The quantitative estimate of drug-likeness (QED) is 0.768. The molecule has 0 aromatic heterocycles. The maximum absolute atomic E-state index is 13.1. The van der Waals surface area contributed by atoms with Gasteiger partial charge in [0.05, 0.1) is 26.9 Å². The lowest BCUT2D eigenvalue weighted by Gasteiger charge is -2.48. The zero-order valence-electron chi connectivity index (χ0n) is 16.2. The average molecular weight is 409 g/mol. The van der Waals surface area contributed by atoms with Crippen LogP contribution in [0.5, 0.6) is 0 Å². The van der Waals surface area contributed by atoms with Crippen molar-refractivity contribution in [1.29, 1.82) is 0 Å². The summed E-state index contributed by atoms with van der Waals surface area (Å²) in [7, 11) is 1.32. The van der Waals surface area contributed by atoms with Gasteiger partial charge in [-0.25, -0.2) is 0 Å². The summed E-state index contributed by atoms with van der Waals surface area (Å²) in [6, 6.07) is 7.20. The Kier molecular flexibility index (Phi) is 6.37. The van der Waals surface area contributed by atoms with E-state index in [1.165, 1.54) is 7.11 Å². The molecule has 0 radical (unpaired) electrons. The van der Waals surface area contributed by atoms with Gasteiger partial charge in [0, 0.05) is 23.2 Å². The maximum Gasteiger partial charge on any atom is 0.315 e. The van der Waals surface area contributed by atoms with Crippen molar-refractivity contribution in [2.75, 3.05) is 33.5 Å². The highest BCUT2D eigenvalue weighted by Gasteiger charge is 2.57. The molecular weight excluding hydrogens is 384 g/mol. The monoisotopic (exact) mass is 408 g/mol. The lowest BCUT2D eigenvalue weighted by atomic mass is 9.67. The van der Waals surface area contributed by atoms with Crippen molar-refractivity contribution >= 4 is 29.3 Å². The van der Waals surface area contributed by atoms with Gasteiger partial charge in [0.2, 0.25) is 0 Å². The average Bonchev–Trinajstić information content (AvgIpc) is 2.68. The molecule has 1 N–H and O–H groups in total. The normalized spacial score (nSPS) is 29.9. The van der Waals surface area contributed by atoms with Gasteiger partial charge < -0.3 is 14.2 Å². The SMILES string of the molecule is CCOC(=O)C1C(c2ccccc2Cl)C(C(=O)OC)C(C)=NC12COCCN2. The molecular formula is C20H25ClN2O5. The lowest BCUT2D eigenvalue weighted by molar-refractivity contribution is -0.158. The zero-order chi connectivity index (χ0) is 20.3. The number of carbonyl (C=O) groups is 2. The fraction of sp³-hybridized carbons (Fsp3) is 0.550. The number of nitrogens with one attached hydrogen (secondary N) is 1. The third-order valence-corrected chi connectivity index (χ3v) is 5.66. The second kappa shape index (κ2) is 8.59. The van der Waals surface area contributed by atoms with Crippen LogP contribution in [-0.2, 0) is 23.8 Å². The summed E-state index contributed by atoms with van der Waals surface area (Å²) >= 11 is 6.50. The molecule has 0 bridgehead atoms. The van der Waals surface area contributed by atoms with Gasteiger partial charge in [-0.2, -0.15) is 0 Å². The summed E-state index contributed by atoms with van der Waals surface area (Å²) < 4.78 is 16.1. The molecule has 2 heterocycles. The van der Waals surface area contributed by atoms with Gasteiger partial charge in [-0.3, -0.25) is 19.9 Å². The second-order valence-corrected chi connectivity index (χ2v) is 7.34. The highest BCUT2D eigenvalue weighted by molar-refractivity contribution is 6.31. The number of rotatable bonds is 4. The Morgan fingerprint density at radius 1 is 1.36 bits per heavy atom. The second-order valence-electron chi connectivity index (χ2n) is 6.93. The minimum atomic E-state index is -1.02. The smallest absolute Gasteiger partial charge is 0.315 e. The first kappa shape index (κ1) is 20.8. The lowest BCUT2D eigenvalue weighted by Crippen LogP contribution is -2.65. The number of hydrogen-bond donors (Lipinski definition) is 1. The molecule has 1 saturated heterocycles. The third kappa shape index (κ3) is 3.66. The van der Waals surface area contributed by atoms with E-state index in [2.05, 4.69) is 5.32 Å². The Morgan fingerprint density at radius 3 is 2.71 bits per heavy atom. The van der Waals surface area contributed by atoms with Crippen LogP contribution in [0.3, 0.4) is 0 Å². The van der Waals surface area contributed by atoms with E-state index >= 15 is 0 Å². The molecule has 4 atom stereocenters. The van der Waals surface area contributed by atoms with Gasteiger partial charge in [0.1, 0.15) is 17.5 Å². The van der Waals surface area contributed by atoms with E-state index in [0.29, 0.717) is 29.4 Å². The third-order valence-electron chi connectivity index (χ3n) is 5.32. The Hall–Kier alpha value is -1.96. The van der Waals surface area contributed by atoms with Gasteiger partial charge in [0.25, 0.3) is 0 Å². The molecule has 0 saturated carbocycles. The summed E-state index contributed by atoms with van der Waals surface area (Å²) in [4.78, 5) is 30.6. The van der Waals surface area contributed by atoms with Gasteiger partial charge in [0.15, 0.2) is 0 Å². The van der Waals surface area contributed by atoms with Crippen LogP contribution in [0.2, 0.25) is 5.02 Å². The fourth-order valence-electron chi connectivity index (χ4n) is 4.22. The summed E-state index contributed by atoms with van der Waals surface area (Å²) in [5, 5.41) is 3.81. The van der Waals surface area contributed by atoms with Crippen molar-refractivity contribution in [2.45, 2.75) is 25.4 Å². The van der Waals surface area contributed by atoms with Crippen molar-refractivity contribution in [3.05, 3.63) is 34.9 Å². The van der Waals surface area contributed by atoms with E-state index in [1.54, 1.807) is 26.0 Å². The fourth-order valence-corrected chi connectivity index (χ4v) is 4.48. The number of carbonyl (C=O) groups excluding carboxylic acids is 2. The van der Waals surface area contributed by atoms with Crippen molar-refractivity contribution in [3.63, 3.8) is 0 Å². The van der Waals surface area contributed by atoms with Gasteiger partial charge in [-0.1, -0.05) is 29.8 Å². The Bertz CT molecular complexity index is 776. The van der Waals surface area contributed by atoms with E-state index in [1.807, 2.05) is 12.1 Å². The molecule has 1 fully saturated rings. The first-order valence-electron chi connectivity index (χ1n) is 9.33. The summed E-state index contributed by atoms with van der Waals surface area (Å²) in [6.07, 6.45) is 0. The van der Waals surface area contributed by atoms with Crippen LogP contribution in [0.15, 0.2) is 29.3 Å². The molecule has 2 aliphatic rings. The molecule has 0 amide bonds. The van der Waals surface area contributed by atoms with E-state index in [0.717, 1.165) is 0 Å². The molecule has 28 heavy (non-hydrogen) atoms. The maximum atomic E-state index is 13.1. The van der Waals surface area contributed by atoms with Crippen LogP contribution in [0.1, 0.15) is 25.3 Å². The molecule has 0 aliphatic carbocycles. The predicted molar refractivity (Wildman–Crippen MR) is 104 cm³/mol. The number of methoxy groups -OCH3 is 1. The zero-order valence-corrected chi connectivity index (χ0v) is 17.0. The number of benzene rings is 1. The topological polar surface area (TPSA) is 86.2 Å². The van der Waals surface area contributed by atoms with Crippen LogP contribution in [0.25, 0.3) is 0 Å². The molecule has 7 nitrogen and oxygen atoms in total. The summed E-state index contributed by atoms with van der Waals surface area (Å²) in [6.45, 7) is 4.98. The number of nitrogens with zero attached hydrogens (tertiary/aromatic N) is 1. The Labute approximate surface area is 169 Å². The number of ether oxygens (including phenoxy) is 3.